The Morgan fingerprint density at radius 1 is 1.20 bits per heavy atom. The zero-order valence-electron chi connectivity index (χ0n) is 17.4. The number of hydrogen-bond acceptors (Lipinski definition) is 3. The summed E-state index contributed by atoms with van der Waals surface area (Å²) >= 11 is 6.22. The lowest BCUT2D eigenvalue weighted by atomic mass is 9.85. The molecule has 4 rings (SSSR count). The third-order valence-electron chi connectivity index (χ3n) is 6.25. The van der Waals surface area contributed by atoms with Gasteiger partial charge in [-0.15, -0.1) is 0 Å². The van der Waals surface area contributed by atoms with E-state index < -0.39 is 5.97 Å². The van der Waals surface area contributed by atoms with E-state index in [2.05, 4.69) is 36.1 Å². The third kappa shape index (κ3) is 4.71. The number of allylic oxidation sites excluding steroid dienone is 1. The van der Waals surface area contributed by atoms with Gasteiger partial charge in [-0.2, -0.15) is 0 Å². The molecule has 1 fully saturated rings. The summed E-state index contributed by atoms with van der Waals surface area (Å²) in [6.07, 6.45) is 3.88. The van der Waals surface area contributed by atoms with Crippen molar-refractivity contribution < 1.29 is 14.6 Å². The molecule has 5 heteroatoms. The molecule has 2 aromatic rings. The Morgan fingerprint density at radius 3 is 2.77 bits per heavy atom. The molecule has 1 saturated heterocycles. The molecule has 1 aliphatic heterocycles. The van der Waals surface area contributed by atoms with E-state index in [9.17, 15) is 4.79 Å². The largest absolute Gasteiger partial charge is 0.494 e. The number of hydrogen-bond donors (Lipinski definition) is 1. The van der Waals surface area contributed by atoms with Crippen molar-refractivity contribution in [2.24, 2.45) is 5.92 Å². The van der Waals surface area contributed by atoms with Crippen LogP contribution in [0.2, 0.25) is 5.02 Å². The quantitative estimate of drug-likeness (QED) is 0.598. The Kier molecular flexibility index (Phi) is 6.45. The van der Waals surface area contributed by atoms with Crippen LogP contribution in [0.5, 0.6) is 5.75 Å². The molecule has 1 heterocycles. The van der Waals surface area contributed by atoms with E-state index in [0.29, 0.717) is 19.7 Å². The monoisotopic (exact) mass is 425 g/mol. The molecule has 0 spiro atoms. The van der Waals surface area contributed by atoms with Gasteiger partial charge < -0.3 is 9.84 Å². The zero-order chi connectivity index (χ0) is 21.1. The predicted molar refractivity (Wildman–Crippen MR) is 120 cm³/mol. The summed E-state index contributed by atoms with van der Waals surface area (Å²) in [6, 6.07) is 14.4. The average molecular weight is 426 g/mol. The van der Waals surface area contributed by atoms with Crippen LogP contribution in [0.15, 0.2) is 48.0 Å². The Labute approximate surface area is 183 Å². The molecule has 4 nitrogen and oxygen atoms in total. The van der Waals surface area contributed by atoms with Crippen LogP contribution in [0.25, 0.3) is 5.57 Å². The summed E-state index contributed by atoms with van der Waals surface area (Å²) in [4.78, 5) is 13.2. The SMILES string of the molecule is CC1=C(CN2CC(C(=O)O)C2)CCc2cc(OCCCc3ccccc3Cl)ccc21. The van der Waals surface area contributed by atoms with Gasteiger partial charge in [0.15, 0.2) is 0 Å². The molecule has 0 amide bonds. The number of rotatable bonds is 8. The fourth-order valence-electron chi connectivity index (χ4n) is 4.37. The summed E-state index contributed by atoms with van der Waals surface area (Å²) in [5.41, 5.74) is 6.57. The first-order valence-corrected chi connectivity index (χ1v) is 11.0. The molecule has 0 atom stereocenters. The summed E-state index contributed by atoms with van der Waals surface area (Å²) in [6.45, 7) is 5.07. The molecule has 2 aliphatic rings. The second-order valence-electron chi connectivity index (χ2n) is 8.32. The Bertz CT molecular complexity index is 963. The summed E-state index contributed by atoms with van der Waals surface area (Å²) in [5.74, 6) is 0.0564. The minimum atomic E-state index is -0.676. The molecule has 0 unspecified atom stereocenters. The summed E-state index contributed by atoms with van der Waals surface area (Å²) in [7, 11) is 0. The number of carboxylic acid groups (broad SMARTS) is 1. The van der Waals surface area contributed by atoms with Crippen LogP contribution < -0.4 is 4.74 Å². The topological polar surface area (TPSA) is 49.8 Å². The van der Waals surface area contributed by atoms with Crippen LogP contribution in [0.1, 0.15) is 36.5 Å². The molecular weight excluding hydrogens is 398 g/mol. The number of fused-ring (bicyclic) bond motifs is 1. The number of benzene rings is 2. The van der Waals surface area contributed by atoms with Crippen LogP contribution >= 0.6 is 11.6 Å². The van der Waals surface area contributed by atoms with Gasteiger partial charge in [0.05, 0.1) is 12.5 Å². The maximum atomic E-state index is 11.0. The highest BCUT2D eigenvalue weighted by molar-refractivity contribution is 6.31. The normalized spacial score (nSPS) is 16.9. The van der Waals surface area contributed by atoms with Gasteiger partial charge in [0.2, 0.25) is 0 Å². The van der Waals surface area contributed by atoms with E-state index >= 15 is 0 Å². The van der Waals surface area contributed by atoms with Crippen LogP contribution in [-0.4, -0.2) is 42.2 Å². The molecule has 2 aromatic carbocycles. The number of carboxylic acids is 1. The first kappa shape index (κ1) is 21.0. The summed E-state index contributed by atoms with van der Waals surface area (Å²) < 4.78 is 6.00. The van der Waals surface area contributed by atoms with Gasteiger partial charge >= 0.3 is 5.97 Å². The van der Waals surface area contributed by atoms with Crippen LogP contribution in [0.3, 0.4) is 0 Å². The zero-order valence-corrected chi connectivity index (χ0v) is 18.1. The van der Waals surface area contributed by atoms with Gasteiger partial charge in [0.25, 0.3) is 0 Å². The Hall–Kier alpha value is -2.30. The Morgan fingerprint density at radius 2 is 2.00 bits per heavy atom. The van der Waals surface area contributed by atoms with Crippen molar-refractivity contribution >= 4 is 23.1 Å². The van der Waals surface area contributed by atoms with Gasteiger partial charge in [-0.25, -0.2) is 0 Å². The van der Waals surface area contributed by atoms with E-state index in [0.717, 1.165) is 43.0 Å². The number of likely N-dealkylation sites (tertiary alicyclic amines) is 1. The highest BCUT2D eigenvalue weighted by Crippen LogP contribution is 2.34. The highest BCUT2D eigenvalue weighted by atomic mass is 35.5. The van der Waals surface area contributed by atoms with E-state index in [1.165, 1.54) is 27.8 Å². The second-order valence-corrected chi connectivity index (χ2v) is 8.73. The lowest BCUT2D eigenvalue weighted by Gasteiger charge is -2.38. The van der Waals surface area contributed by atoms with Crippen LogP contribution in [0.4, 0.5) is 0 Å². The van der Waals surface area contributed by atoms with Gasteiger partial charge in [-0.3, -0.25) is 9.69 Å². The lowest BCUT2D eigenvalue weighted by molar-refractivity contribution is -0.147. The van der Waals surface area contributed by atoms with E-state index in [-0.39, 0.29) is 5.92 Å². The first-order valence-electron chi connectivity index (χ1n) is 10.6. The minimum Gasteiger partial charge on any atom is -0.494 e. The van der Waals surface area contributed by atoms with Crippen LogP contribution in [0, 0.1) is 5.92 Å². The number of aryl methyl sites for hydroxylation is 2. The molecule has 0 aromatic heterocycles. The number of carbonyl (C=O) groups is 1. The lowest BCUT2D eigenvalue weighted by Crippen LogP contribution is -2.50. The van der Waals surface area contributed by atoms with E-state index in [4.69, 9.17) is 21.4 Å². The maximum Gasteiger partial charge on any atom is 0.309 e. The Balaban J connectivity index is 1.31. The molecule has 0 bridgehead atoms. The summed E-state index contributed by atoms with van der Waals surface area (Å²) in [5, 5.41) is 9.88. The number of ether oxygens (including phenoxy) is 1. The minimum absolute atomic E-state index is 0.195. The molecule has 1 aliphatic carbocycles. The van der Waals surface area contributed by atoms with Gasteiger partial charge in [0.1, 0.15) is 5.75 Å². The smallest absolute Gasteiger partial charge is 0.309 e. The van der Waals surface area contributed by atoms with Crippen molar-refractivity contribution in [1.29, 1.82) is 0 Å². The fraction of sp³-hybridized carbons (Fsp3) is 0.400. The van der Waals surface area contributed by atoms with Crippen molar-refractivity contribution in [3.05, 3.63) is 69.8 Å². The number of halogens is 1. The highest BCUT2D eigenvalue weighted by Gasteiger charge is 2.33. The fourth-order valence-corrected chi connectivity index (χ4v) is 4.60. The third-order valence-corrected chi connectivity index (χ3v) is 6.61. The van der Waals surface area contributed by atoms with Crippen molar-refractivity contribution in [2.75, 3.05) is 26.2 Å². The number of nitrogens with zero attached hydrogens (tertiary/aromatic N) is 1. The first-order chi connectivity index (χ1) is 14.5. The van der Waals surface area contributed by atoms with Crippen molar-refractivity contribution in [2.45, 2.75) is 32.6 Å². The molecule has 1 N–H and O–H groups in total. The van der Waals surface area contributed by atoms with E-state index in [1.54, 1.807) is 0 Å². The standard InChI is InChI=1S/C25H28ClNO3/c1-17-20(14-27-15-21(16-27)25(28)29)9-8-19-13-22(10-11-23(17)19)30-12-4-6-18-5-2-3-7-24(18)26/h2-3,5,7,10-11,13,21H,4,6,8-9,12,14-16H2,1H3,(H,28,29). The molecule has 30 heavy (non-hydrogen) atoms. The molecule has 0 saturated carbocycles. The molecular formula is C25H28ClNO3. The van der Waals surface area contributed by atoms with Gasteiger partial charge in [-0.05, 0) is 73.1 Å². The van der Waals surface area contributed by atoms with E-state index in [1.807, 2.05) is 18.2 Å². The maximum absolute atomic E-state index is 11.0. The molecule has 0 radical (unpaired) electrons. The van der Waals surface area contributed by atoms with Gasteiger partial charge in [-0.1, -0.05) is 41.4 Å². The second kappa shape index (κ2) is 9.23. The predicted octanol–water partition coefficient (Wildman–Crippen LogP) is 5.09. The average Bonchev–Trinajstić information content (AvgIpc) is 2.70. The molecule has 158 valence electrons. The van der Waals surface area contributed by atoms with Crippen LogP contribution in [-0.2, 0) is 17.6 Å². The van der Waals surface area contributed by atoms with Crippen molar-refractivity contribution in [1.82, 2.24) is 4.90 Å². The van der Waals surface area contributed by atoms with Crippen molar-refractivity contribution in [3.63, 3.8) is 0 Å². The van der Waals surface area contributed by atoms with Gasteiger partial charge in [0, 0.05) is 24.7 Å². The van der Waals surface area contributed by atoms with Crippen molar-refractivity contribution in [3.8, 4) is 5.75 Å². The number of aliphatic carboxylic acids is 1.